The molecule has 0 N–H and O–H groups in total. The van der Waals surface area contributed by atoms with Gasteiger partial charge in [0.15, 0.2) is 34.2 Å². The zero-order valence-corrected chi connectivity index (χ0v) is 58.0. The minimum Gasteiger partial charge on any atom is -0.396 e. The van der Waals surface area contributed by atoms with E-state index in [0.717, 1.165) is 0 Å². The first-order chi connectivity index (χ1) is 47.8. The molecule has 0 atom stereocenters. The van der Waals surface area contributed by atoms with Gasteiger partial charge in [-0.2, -0.15) is 79.0 Å². The van der Waals surface area contributed by atoms with Crippen LogP contribution >= 0.6 is 69.6 Å². The molecule has 552 valence electrons. The predicted molar refractivity (Wildman–Crippen MR) is 355 cm³/mol. The number of hydrogen-bond acceptors (Lipinski definition) is 6. The first kappa shape index (κ1) is 83.0. The molecule has 0 aliphatic rings. The van der Waals surface area contributed by atoms with Gasteiger partial charge in [0.25, 0.3) is 0 Å². The number of benzene rings is 6. The normalized spacial score (nSPS) is 12.0. The number of halogens is 24. The van der Waals surface area contributed by atoms with Crippen molar-refractivity contribution >= 4 is 83.8 Å². The Morgan fingerprint density at radius 3 is 0.423 bits per heavy atom. The fraction of sp³-hybridized carbons (Fsp3) is 0.0938. The van der Waals surface area contributed by atoms with Crippen molar-refractivity contribution in [2.45, 2.75) is 37.1 Å². The van der Waals surface area contributed by atoms with Crippen LogP contribution in [0.15, 0.2) is 208 Å². The summed E-state index contributed by atoms with van der Waals surface area (Å²) in [6.07, 6.45) is -30.5. The maximum atomic E-state index is 14.3. The van der Waals surface area contributed by atoms with Crippen molar-refractivity contribution in [3.05, 3.63) is 273 Å². The third kappa shape index (κ3) is 18.7. The summed E-state index contributed by atoms with van der Waals surface area (Å²) in [5.74, 6) is 0. The molecule has 6 aromatic carbocycles. The molecule has 0 spiro atoms. The van der Waals surface area contributed by atoms with Crippen molar-refractivity contribution in [2.24, 2.45) is 0 Å². The molecule has 6 heterocycles. The van der Waals surface area contributed by atoms with Gasteiger partial charge in [-0.1, -0.05) is 142 Å². The average Bonchev–Trinajstić information content (AvgIpc) is 1.59. The smallest absolute Gasteiger partial charge is 0.396 e. The van der Waals surface area contributed by atoms with E-state index in [1.54, 1.807) is 0 Å². The Hall–Kier alpha value is -8.29. The van der Waals surface area contributed by atoms with E-state index in [4.69, 9.17) is 69.6 Å². The molecule has 12 nitrogen and oxygen atoms in total. The van der Waals surface area contributed by atoms with Crippen molar-refractivity contribution < 1.29 is 113 Å². The number of hydrogen-bond donors (Lipinski definition) is 0. The predicted octanol–water partition coefficient (Wildman–Crippen LogP) is 21.5. The SMILES string of the molecule is C=C.C=C.FC(F)(F)c1cc(-c2ccc(Cl)cc2)n([BH-](n2nc(C(F)(F)F)cc2-c2ccc(Cl)cc2)n2nc(C(F)(F)F)cc2-c2ccc(Cl)cc2)n1.FC(F)(F)c1cc(-c2ccc(Cl)cc2)n([BH-](n2nc(C(F)(F)F)cc2-c2ccc(Cl)cc2)n2nc(C(F)(F)F)cc2-c2ccc(Cl)cc2)n1.[Cu+].[Cu+]. The third-order valence-corrected chi connectivity index (χ3v) is 16.4. The summed E-state index contributed by atoms with van der Waals surface area (Å²) in [6.45, 7) is 12.0. The summed E-state index contributed by atoms with van der Waals surface area (Å²) in [6, 6.07) is 35.7. The molecule has 0 amide bonds. The van der Waals surface area contributed by atoms with Crippen LogP contribution in [0.5, 0.6) is 0 Å². The van der Waals surface area contributed by atoms with Crippen LogP contribution in [0.25, 0.3) is 67.5 Å². The summed E-state index contributed by atoms with van der Waals surface area (Å²) in [5, 5.41) is 23.7. The standard InChI is InChI=1S/2C30H16BCl3F9N6.2C2H4.2Cu/c2*32-19-7-1-16(2-8-19)22-13-25(28(35,36)37)44-47(22)31(48-23(14-26(45-48)29(38,39)40)17-3-9-20(33)10-4-17)49-24(15-27(46-49)30(41,42)43)18-5-11-21(34)12-6-18;2*1-2;;/h2*1-15,31H;2*1-2H2;;/q2*-1;;;2*+1. The van der Waals surface area contributed by atoms with Crippen molar-refractivity contribution in [2.75, 3.05) is 0 Å². The summed E-state index contributed by atoms with van der Waals surface area (Å²) < 4.78 is 261. The van der Waals surface area contributed by atoms with Gasteiger partial charge in [-0.15, -0.1) is 26.3 Å². The monoisotopic (exact) mass is 1680 g/mol. The quantitative estimate of drug-likeness (QED) is 0.0685. The second kappa shape index (κ2) is 32.6. The van der Waals surface area contributed by atoms with E-state index in [1.807, 2.05) is 0 Å². The summed E-state index contributed by atoms with van der Waals surface area (Å²) in [5.41, 5.74) is -10.6. The Kier molecular flexibility index (Phi) is 26.0. The van der Waals surface area contributed by atoms with Gasteiger partial charge in [-0.25, -0.2) is 30.6 Å². The Bertz CT molecular complexity index is 4110. The summed E-state index contributed by atoms with van der Waals surface area (Å²) in [4.78, 5) is 0. The molecule has 0 aliphatic heterocycles. The van der Waals surface area contributed by atoms with Crippen LogP contribution in [-0.2, 0) is 71.2 Å². The molecule has 0 fully saturated rings. The van der Waals surface area contributed by atoms with Crippen LogP contribution in [-0.4, -0.2) is 72.4 Å². The van der Waals surface area contributed by atoms with Crippen LogP contribution in [0.1, 0.15) is 34.2 Å². The molecule has 0 saturated heterocycles. The molecule has 0 aliphatic carbocycles. The molecule has 12 rings (SSSR count). The van der Waals surface area contributed by atoms with Gasteiger partial charge < -0.3 is 27.6 Å². The largest absolute Gasteiger partial charge is 1.00 e. The van der Waals surface area contributed by atoms with Gasteiger partial charge in [-0.3, -0.25) is 0 Å². The Labute approximate surface area is 628 Å². The Morgan fingerprint density at radius 1 is 0.221 bits per heavy atom. The Morgan fingerprint density at radius 2 is 0.327 bits per heavy atom. The molecule has 0 unspecified atom stereocenters. The molecule has 104 heavy (non-hydrogen) atoms. The Balaban J connectivity index is 0.000000273. The molecule has 0 bridgehead atoms. The molecular formula is C64H40B2Cl6Cu2F18N12. The van der Waals surface area contributed by atoms with Gasteiger partial charge in [0, 0.05) is 64.3 Å². The molecule has 6 aromatic heterocycles. The zero-order valence-electron chi connectivity index (χ0n) is 51.6. The summed E-state index contributed by atoms with van der Waals surface area (Å²) >= 11 is 36.0. The van der Waals surface area contributed by atoms with Crippen LogP contribution in [0, 0.1) is 0 Å². The first-order valence-corrected chi connectivity index (χ1v) is 31.0. The molecule has 12 aromatic rings. The van der Waals surface area contributed by atoms with Gasteiger partial charge in [0.2, 0.25) is 0 Å². The van der Waals surface area contributed by atoms with Crippen molar-refractivity contribution in [1.29, 1.82) is 0 Å². The van der Waals surface area contributed by atoms with E-state index < -0.39 is 85.5 Å². The average molecular weight is 1680 g/mol. The van der Waals surface area contributed by atoms with Gasteiger partial charge in [0.05, 0.1) is 0 Å². The fourth-order valence-electron chi connectivity index (χ4n) is 10.5. The third-order valence-electron chi connectivity index (χ3n) is 14.9. The zero-order chi connectivity index (χ0) is 74.9. The number of rotatable bonds is 12. The van der Waals surface area contributed by atoms with Crippen LogP contribution < -0.4 is 0 Å². The van der Waals surface area contributed by atoms with Crippen LogP contribution in [0.4, 0.5) is 79.0 Å². The fourth-order valence-corrected chi connectivity index (χ4v) is 11.3. The van der Waals surface area contributed by atoms with E-state index >= 15 is 0 Å². The van der Waals surface area contributed by atoms with E-state index in [0.29, 0.717) is 64.0 Å². The maximum Gasteiger partial charge on any atom is 1.00 e. The molecular weight excluding hydrogens is 1640 g/mol. The van der Waals surface area contributed by atoms with E-state index in [2.05, 4.69) is 56.9 Å². The molecule has 40 heteroatoms. The topological polar surface area (TPSA) is 107 Å². The maximum absolute atomic E-state index is 14.3. The second-order valence-corrected chi connectivity index (χ2v) is 24.0. The molecule has 0 saturated carbocycles. The first-order valence-electron chi connectivity index (χ1n) is 28.7. The number of aromatic nitrogens is 12. The van der Waals surface area contributed by atoms with Crippen molar-refractivity contribution in [3.8, 4) is 67.5 Å². The summed E-state index contributed by atoms with van der Waals surface area (Å²) in [7, 11) is -6.90. The number of nitrogens with zero attached hydrogens (tertiary/aromatic N) is 12. The van der Waals surface area contributed by atoms with Crippen molar-refractivity contribution in [3.63, 3.8) is 0 Å². The van der Waals surface area contributed by atoms with Gasteiger partial charge in [0.1, 0.15) is 0 Å². The molecule has 0 radical (unpaired) electrons. The van der Waals surface area contributed by atoms with Gasteiger partial charge >= 0.3 is 85.4 Å². The number of alkyl halides is 18. The van der Waals surface area contributed by atoms with E-state index in [1.165, 1.54) is 146 Å². The minimum absolute atomic E-state index is 0. The van der Waals surface area contributed by atoms with Crippen molar-refractivity contribution in [1.82, 2.24) is 58.1 Å². The van der Waals surface area contributed by atoms with Crippen LogP contribution in [0.3, 0.4) is 0 Å². The second-order valence-electron chi connectivity index (χ2n) is 21.4. The van der Waals surface area contributed by atoms with E-state index in [-0.39, 0.29) is 132 Å². The van der Waals surface area contributed by atoms with Gasteiger partial charge in [-0.05, 0) is 143 Å². The van der Waals surface area contributed by atoms with E-state index in [9.17, 15) is 79.0 Å². The van der Waals surface area contributed by atoms with Crippen LogP contribution in [0.2, 0.25) is 30.1 Å². The minimum atomic E-state index is -5.09.